The number of halogens is 1. The number of fused-ring (bicyclic) bond motifs is 1. The van der Waals surface area contributed by atoms with E-state index in [-0.39, 0.29) is 0 Å². The lowest BCUT2D eigenvalue weighted by Gasteiger charge is -2.07. The highest BCUT2D eigenvalue weighted by Crippen LogP contribution is 2.23. The van der Waals surface area contributed by atoms with Crippen LogP contribution in [0.2, 0.25) is 5.02 Å². The van der Waals surface area contributed by atoms with Crippen LogP contribution in [0.25, 0.3) is 10.9 Å². The molecule has 0 aliphatic carbocycles. The van der Waals surface area contributed by atoms with Gasteiger partial charge in [0.05, 0.1) is 28.1 Å². The molecule has 0 saturated carbocycles. The number of pyridine rings is 1. The van der Waals surface area contributed by atoms with Gasteiger partial charge in [0.25, 0.3) is 0 Å². The molecule has 0 aliphatic heterocycles. The topological polar surface area (TPSA) is 39.9 Å². The van der Waals surface area contributed by atoms with E-state index in [4.69, 9.17) is 16.3 Å². The zero-order valence-corrected chi connectivity index (χ0v) is 12.1. The van der Waals surface area contributed by atoms with Gasteiger partial charge in [-0.15, -0.1) is 0 Å². The van der Waals surface area contributed by atoms with Gasteiger partial charge in [-0.3, -0.25) is 9.67 Å². The average Bonchev–Trinajstić information content (AvgIpc) is 2.70. The van der Waals surface area contributed by atoms with Crippen LogP contribution >= 0.6 is 11.6 Å². The van der Waals surface area contributed by atoms with Crippen LogP contribution in [0.15, 0.2) is 36.5 Å². The molecule has 0 fully saturated rings. The molecule has 0 saturated heterocycles. The van der Waals surface area contributed by atoms with Crippen LogP contribution in [0.5, 0.6) is 5.75 Å². The van der Waals surface area contributed by atoms with Crippen LogP contribution < -0.4 is 4.74 Å². The SMILES string of the molecule is Cc1nn(C)c(COc2cnc3ccccc3c2)c1Cl. The Bertz CT molecular complexity index is 767. The van der Waals surface area contributed by atoms with Crippen molar-refractivity contribution in [1.82, 2.24) is 14.8 Å². The number of hydrogen-bond donors (Lipinski definition) is 0. The van der Waals surface area contributed by atoms with Crippen LogP contribution in [0.4, 0.5) is 0 Å². The van der Waals surface area contributed by atoms with Gasteiger partial charge in [0, 0.05) is 12.4 Å². The van der Waals surface area contributed by atoms with Gasteiger partial charge in [0.15, 0.2) is 0 Å². The molecule has 0 unspecified atom stereocenters. The molecule has 0 radical (unpaired) electrons. The van der Waals surface area contributed by atoms with Crippen molar-refractivity contribution in [3.05, 3.63) is 52.9 Å². The maximum Gasteiger partial charge on any atom is 0.138 e. The van der Waals surface area contributed by atoms with E-state index in [0.29, 0.717) is 11.6 Å². The van der Waals surface area contributed by atoms with E-state index in [1.165, 1.54) is 0 Å². The molecule has 0 N–H and O–H groups in total. The predicted molar refractivity (Wildman–Crippen MR) is 79.0 cm³/mol. The molecular weight excluding hydrogens is 274 g/mol. The number of ether oxygens (including phenoxy) is 1. The van der Waals surface area contributed by atoms with E-state index in [1.807, 2.05) is 44.3 Å². The first kappa shape index (κ1) is 12.9. The van der Waals surface area contributed by atoms with Crippen molar-refractivity contribution in [2.45, 2.75) is 13.5 Å². The second-order valence-corrected chi connectivity index (χ2v) is 5.00. The first-order valence-corrected chi connectivity index (χ1v) is 6.68. The minimum atomic E-state index is 0.371. The summed E-state index contributed by atoms with van der Waals surface area (Å²) in [6.07, 6.45) is 1.72. The molecule has 0 spiro atoms. The molecule has 2 heterocycles. The zero-order chi connectivity index (χ0) is 14.1. The van der Waals surface area contributed by atoms with Crippen molar-refractivity contribution >= 4 is 22.5 Å². The van der Waals surface area contributed by atoms with E-state index in [2.05, 4.69) is 10.1 Å². The number of aryl methyl sites for hydroxylation is 2. The first-order chi connectivity index (χ1) is 9.65. The molecule has 3 aromatic rings. The van der Waals surface area contributed by atoms with Gasteiger partial charge in [0.2, 0.25) is 0 Å². The number of rotatable bonds is 3. The van der Waals surface area contributed by atoms with Gasteiger partial charge in [-0.2, -0.15) is 5.10 Å². The fraction of sp³-hybridized carbons (Fsp3) is 0.200. The Hall–Kier alpha value is -2.07. The van der Waals surface area contributed by atoms with Crippen molar-refractivity contribution in [2.24, 2.45) is 7.05 Å². The number of nitrogens with zero attached hydrogens (tertiary/aromatic N) is 3. The van der Waals surface area contributed by atoms with E-state index < -0.39 is 0 Å². The molecule has 0 atom stereocenters. The number of aromatic nitrogens is 3. The van der Waals surface area contributed by atoms with Gasteiger partial charge in [-0.05, 0) is 19.1 Å². The quantitative estimate of drug-likeness (QED) is 0.740. The molecule has 20 heavy (non-hydrogen) atoms. The normalized spacial score (nSPS) is 10.9. The Morgan fingerprint density at radius 1 is 1.30 bits per heavy atom. The average molecular weight is 288 g/mol. The van der Waals surface area contributed by atoms with Gasteiger partial charge in [0.1, 0.15) is 12.4 Å². The summed E-state index contributed by atoms with van der Waals surface area (Å²) >= 11 is 6.20. The second kappa shape index (κ2) is 5.13. The second-order valence-electron chi connectivity index (χ2n) is 4.62. The van der Waals surface area contributed by atoms with E-state index in [0.717, 1.165) is 28.0 Å². The largest absolute Gasteiger partial charge is 0.486 e. The summed E-state index contributed by atoms with van der Waals surface area (Å²) in [4.78, 5) is 4.36. The van der Waals surface area contributed by atoms with Gasteiger partial charge in [-0.1, -0.05) is 29.8 Å². The maximum atomic E-state index is 6.20. The Kier molecular flexibility index (Phi) is 3.32. The third kappa shape index (κ3) is 2.34. The molecule has 0 amide bonds. The Morgan fingerprint density at radius 2 is 2.10 bits per heavy atom. The minimum Gasteiger partial charge on any atom is -0.486 e. The Labute approximate surface area is 122 Å². The maximum absolute atomic E-state index is 6.20. The van der Waals surface area contributed by atoms with Crippen LogP contribution in [0.1, 0.15) is 11.4 Å². The Morgan fingerprint density at radius 3 is 2.85 bits per heavy atom. The summed E-state index contributed by atoms with van der Waals surface area (Å²) in [5, 5.41) is 5.97. The fourth-order valence-corrected chi connectivity index (χ4v) is 2.33. The lowest BCUT2D eigenvalue weighted by atomic mass is 10.2. The fourth-order valence-electron chi connectivity index (χ4n) is 2.12. The molecule has 102 valence electrons. The molecule has 5 heteroatoms. The Balaban J connectivity index is 1.83. The van der Waals surface area contributed by atoms with E-state index >= 15 is 0 Å². The molecule has 0 bridgehead atoms. The standard InChI is InChI=1S/C15H14ClN3O/c1-10-15(16)14(19(2)18-10)9-20-12-7-11-5-3-4-6-13(11)17-8-12/h3-8H,9H2,1-2H3. The lowest BCUT2D eigenvalue weighted by Crippen LogP contribution is -2.03. The first-order valence-electron chi connectivity index (χ1n) is 6.30. The smallest absolute Gasteiger partial charge is 0.138 e. The third-order valence-corrected chi connectivity index (χ3v) is 3.69. The van der Waals surface area contributed by atoms with Crippen LogP contribution in [-0.4, -0.2) is 14.8 Å². The summed E-state index contributed by atoms with van der Waals surface area (Å²) in [6, 6.07) is 9.90. The molecule has 4 nitrogen and oxygen atoms in total. The predicted octanol–water partition coefficient (Wildman–Crippen LogP) is 3.51. The number of benzene rings is 1. The summed E-state index contributed by atoms with van der Waals surface area (Å²) < 4.78 is 7.51. The van der Waals surface area contributed by atoms with Crippen molar-refractivity contribution in [3.8, 4) is 5.75 Å². The van der Waals surface area contributed by atoms with E-state index in [9.17, 15) is 0 Å². The lowest BCUT2D eigenvalue weighted by molar-refractivity contribution is 0.294. The molecule has 2 aromatic heterocycles. The summed E-state index contributed by atoms with van der Waals surface area (Å²) in [6.45, 7) is 2.25. The van der Waals surface area contributed by atoms with Gasteiger partial charge >= 0.3 is 0 Å². The summed E-state index contributed by atoms with van der Waals surface area (Å²) in [5.41, 5.74) is 2.62. The third-order valence-electron chi connectivity index (χ3n) is 3.20. The van der Waals surface area contributed by atoms with Crippen LogP contribution in [0.3, 0.4) is 0 Å². The molecular formula is C15H14ClN3O. The van der Waals surface area contributed by atoms with Gasteiger partial charge < -0.3 is 4.74 Å². The minimum absolute atomic E-state index is 0.371. The highest BCUT2D eigenvalue weighted by Gasteiger charge is 2.11. The monoisotopic (exact) mass is 287 g/mol. The van der Waals surface area contributed by atoms with Crippen LogP contribution in [0, 0.1) is 6.92 Å². The molecule has 1 aromatic carbocycles. The molecule has 0 aliphatic rings. The van der Waals surface area contributed by atoms with Crippen LogP contribution in [-0.2, 0) is 13.7 Å². The number of hydrogen-bond acceptors (Lipinski definition) is 3. The summed E-state index contributed by atoms with van der Waals surface area (Å²) in [7, 11) is 1.86. The highest BCUT2D eigenvalue weighted by molar-refractivity contribution is 6.31. The van der Waals surface area contributed by atoms with Crippen molar-refractivity contribution in [1.29, 1.82) is 0 Å². The number of para-hydroxylation sites is 1. The van der Waals surface area contributed by atoms with Gasteiger partial charge in [-0.25, -0.2) is 0 Å². The zero-order valence-electron chi connectivity index (χ0n) is 11.3. The van der Waals surface area contributed by atoms with Crippen molar-refractivity contribution in [2.75, 3.05) is 0 Å². The van der Waals surface area contributed by atoms with Crippen molar-refractivity contribution < 1.29 is 4.74 Å². The molecule has 3 rings (SSSR count). The summed E-state index contributed by atoms with van der Waals surface area (Å²) in [5.74, 6) is 0.721. The van der Waals surface area contributed by atoms with Crippen molar-refractivity contribution in [3.63, 3.8) is 0 Å². The highest BCUT2D eigenvalue weighted by atomic mass is 35.5. The van der Waals surface area contributed by atoms with E-state index in [1.54, 1.807) is 10.9 Å².